The molecule has 0 bridgehead atoms. The van der Waals surface area contributed by atoms with E-state index in [0.29, 0.717) is 5.56 Å². The van der Waals surface area contributed by atoms with Crippen LogP contribution in [-0.2, 0) is 0 Å². The Hall–Kier alpha value is -1.55. The molecule has 4 nitrogen and oxygen atoms in total. The van der Waals surface area contributed by atoms with Crippen LogP contribution >= 0.6 is 0 Å². The number of amides is 1. The summed E-state index contributed by atoms with van der Waals surface area (Å²) >= 11 is 0. The van der Waals surface area contributed by atoms with Gasteiger partial charge in [0.05, 0.1) is 6.10 Å². The normalized spacial score (nSPS) is 19.4. The lowest BCUT2D eigenvalue weighted by Crippen LogP contribution is -2.40. The Balaban J connectivity index is 1.97. The molecule has 1 unspecified atom stereocenters. The number of carbonyl (C=O) groups excluding carboxylic acids is 1. The quantitative estimate of drug-likeness (QED) is 0.887. The fourth-order valence-electron chi connectivity index (χ4n) is 2.39. The van der Waals surface area contributed by atoms with Crippen molar-refractivity contribution in [2.24, 2.45) is 0 Å². The molecule has 1 fully saturated rings. The van der Waals surface area contributed by atoms with Crippen LogP contribution in [0.15, 0.2) is 24.3 Å². The molecule has 1 saturated heterocycles. The maximum atomic E-state index is 12.3. The standard InChI is InChI=1S/C16H24N2O2/c1-12(2)20-15-8-5-6-13(10-15)16(19)18-14-7-3-4-9-17-11-14/h5-6,8,10,12,14,17H,3-4,7,9,11H2,1-2H3,(H,18,19). The van der Waals surface area contributed by atoms with E-state index in [0.717, 1.165) is 31.7 Å². The monoisotopic (exact) mass is 276 g/mol. The number of nitrogens with one attached hydrogen (secondary N) is 2. The van der Waals surface area contributed by atoms with Gasteiger partial charge < -0.3 is 15.4 Å². The lowest BCUT2D eigenvalue weighted by Gasteiger charge is -2.17. The molecular weight excluding hydrogens is 252 g/mol. The average molecular weight is 276 g/mol. The second-order valence-corrected chi connectivity index (χ2v) is 5.56. The molecule has 1 heterocycles. The van der Waals surface area contributed by atoms with E-state index in [2.05, 4.69) is 10.6 Å². The fraction of sp³-hybridized carbons (Fsp3) is 0.562. The van der Waals surface area contributed by atoms with Crippen molar-refractivity contribution in [3.63, 3.8) is 0 Å². The molecule has 1 aliphatic rings. The van der Waals surface area contributed by atoms with Gasteiger partial charge in [0, 0.05) is 18.2 Å². The summed E-state index contributed by atoms with van der Waals surface area (Å²) in [4.78, 5) is 12.3. The summed E-state index contributed by atoms with van der Waals surface area (Å²) in [7, 11) is 0. The molecular formula is C16H24N2O2. The molecule has 0 aliphatic carbocycles. The first kappa shape index (κ1) is 14.9. The van der Waals surface area contributed by atoms with Crippen LogP contribution in [0.25, 0.3) is 0 Å². The minimum Gasteiger partial charge on any atom is -0.491 e. The summed E-state index contributed by atoms with van der Waals surface area (Å²) in [5.41, 5.74) is 0.660. The smallest absolute Gasteiger partial charge is 0.251 e. The summed E-state index contributed by atoms with van der Waals surface area (Å²) < 4.78 is 5.62. The molecule has 1 aromatic carbocycles. The van der Waals surface area contributed by atoms with Crippen LogP contribution in [0.5, 0.6) is 5.75 Å². The van der Waals surface area contributed by atoms with E-state index in [4.69, 9.17) is 4.74 Å². The van der Waals surface area contributed by atoms with Crippen molar-refractivity contribution in [3.8, 4) is 5.75 Å². The van der Waals surface area contributed by atoms with Crippen LogP contribution in [0.3, 0.4) is 0 Å². The predicted octanol–water partition coefficient (Wildman–Crippen LogP) is 2.35. The van der Waals surface area contributed by atoms with E-state index < -0.39 is 0 Å². The van der Waals surface area contributed by atoms with Crippen molar-refractivity contribution < 1.29 is 9.53 Å². The molecule has 1 aromatic rings. The van der Waals surface area contributed by atoms with Crippen molar-refractivity contribution in [2.75, 3.05) is 13.1 Å². The van der Waals surface area contributed by atoms with Gasteiger partial charge in [0.2, 0.25) is 0 Å². The van der Waals surface area contributed by atoms with Crippen LogP contribution in [-0.4, -0.2) is 31.1 Å². The molecule has 0 saturated carbocycles. The van der Waals surface area contributed by atoms with Crippen LogP contribution < -0.4 is 15.4 Å². The van der Waals surface area contributed by atoms with Gasteiger partial charge in [0.25, 0.3) is 5.91 Å². The molecule has 110 valence electrons. The van der Waals surface area contributed by atoms with Crippen LogP contribution in [0, 0.1) is 0 Å². The minimum absolute atomic E-state index is 0.0205. The highest BCUT2D eigenvalue weighted by molar-refractivity contribution is 5.94. The highest BCUT2D eigenvalue weighted by Gasteiger charge is 2.15. The van der Waals surface area contributed by atoms with Gasteiger partial charge in [-0.2, -0.15) is 0 Å². The Morgan fingerprint density at radius 2 is 2.25 bits per heavy atom. The van der Waals surface area contributed by atoms with Gasteiger partial charge in [0.1, 0.15) is 5.75 Å². The van der Waals surface area contributed by atoms with Crippen molar-refractivity contribution in [1.82, 2.24) is 10.6 Å². The number of benzene rings is 1. The van der Waals surface area contributed by atoms with Crippen LogP contribution in [0.1, 0.15) is 43.5 Å². The van der Waals surface area contributed by atoms with Gasteiger partial charge in [-0.1, -0.05) is 12.5 Å². The Morgan fingerprint density at radius 3 is 3.05 bits per heavy atom. The third kappa shape index (κ3) is 4.53. The average Bonchev–Trinajstić information content (AvgIpc) is 2.67. The SMILES string of the molecule is CC(C)Oc1cccc(C(=O)NC2CCCCNC2)c1. The van der Waals surface area contributed by atoms with E-state index in [-0.39, 0.29) is 18.1 Å². The number of ether oxygens (including phenoxy) is 1. The highest BCUT2D eigenvalue weighted by Crippen LogP contribution is 2.15. The van der Waals surface area contributed by atoms with Gasteiger partial charge in [-0.25, -0.2) is 0 Å². The highest BCUT2D eigenvalue weighted by atomic mass is 16.5. The van der Waals surface area contributed by atoms with Crippen molar-refractivity contribution in [1.29, 1.82) is 0 Å². The molecule has 2 N–H and O–H groups in total. The molecule has 1 amide bonds. The molecule has 2 rings (SSSR count). The maximum Gasteiger partial charge on any atom is 0.251 e. The van der Waals surface area contributed by atoms with Gasteiger partial charge in [-0.3, -0.25) is 4.79 Å². The third-order valence-electron chi connectivity index (χ3n) is 3.35. The zero-order chi connectivity index (χ0) is 14.4. The molecule has 0 aromatic heterocycles. The summed E-state index contributed by atoms with van der Waals surface area (Å²) in [6.45, 7) is 5.85. The van der Waals surface area contributed by atoms with Crippen molar-refractivity contribution >= 4 is 5.91 Å². The second kappa shape index (κ2) is 7.29. The molecule has 20 heavy (non-hydrogen) atoms. The van der Waals surface area contributed by atoms with E-state index in [1.807, 2.05) is 32.0 Å². The number of rotatable bonds is 4. The number of hydrogen-bond acceptors (Lipinski definition) is 3. The predicted molar refractivity (Wildman–Crippen MR) is 80.2 cm³/mol. The number of hydrogen-bond donors (Lipinski definition) is 2. The largest absolute Gasteiger partial charge is 0.491 e. The van der Waals surface area contributed by atoms with E-state index >= 15 is 0 Å². The summed E-state index contributed by atoms with van der Waals surface area (Å²) in [5.74, 6) is 0.722. The summed E-state index contributed by atoms with van der Waals surface area (Å²) in [6, 6.07) is 7.59. The molecule has 4 heteroatoms. The zero-order valence-electron chi connectivity index (χ0n) is 12.3. The van der Waals surface area contributed by atoms with Crippen LogP contribution in [0.2, 0.25) is 0 Å². The second-order valence-electron chi connectivity index (χ2n) is 5.56. The Bertz CT molecular complexity index is 438. The Labute approximate surface area is 120 Å². The minimum atomic E-state index is -0.0205. The number of carbonyl (C=O) groups is 1. The topological polar surface area (TPSA) is 50.4 Å². The third-order valence-corrected chi connectivity index (χ3v) is 3.35. The lowest BCUT2D eigenvalue weighted by atomic mass is 10.1. The first-order valence-electron chi connectivity index (χ1n) is 7.43. The van der Waals surface area contributed by atoms with Gasteiger partial charge in [-0.05, 0) is 51.4 Å². The first-order valence-corrected chi connectivity index (χ1v) is 7.43. The van der Waals surface area contributed by atoms with E-state index in [9.17, 15) is 4.79 Å². The molecule has 1 aliphatic heterocycles. The van der Waals surface area contributed by atoms with Gasteiger partial charge in [-0.15, -0.1) is 0 Å². The van der Waals surface area contributed by atoms with E-state index in [1.165, 1.54) is 6.42 Å². The molecule has 0 spiro atoms. The zero-order valence-corrected chi connectivity index (χ0v) is 12.3. The Kier molecular flexibility index (Phi) is 5.41. The maximum absolute atomic E-state index is 12.3. The van der Waals surface area contributed by atoms with Crippen molar-refractivity contribution in [2.45, 2.75) is 45.3 Å². The van der Waals surface area contributed by atoms with Crippen LogP contribution in [0.4, 0.5) is 0 Å². The molecule has 1 atom stereocenters. The summed E-state index contributed by atoms with van der Waals surface area (Å²) in [5, 5.41) is 6.45. The van der Waals surface area contributed by atoms with Crippen molar-refractivity contribution in [3.05, 3.63) is 29.8 Å². The van der Waals surface area contributed by atoms with Gasteiger partial charge >= 0.3 is 0 Å². The first-order chi connectivity index (χ1) is 9.65. The Morgan fingerprint density at radius 1 is 1.40 bits per heavy atom. The molecule has 0 radical (unpaired) electrons. The summed E-state index contributed by atoms with van der Waals surface area (Å²) in [6.07, 6.45) is 3.50. The van der Waals surface area contributed by atoms with E-state index in [1.54, 1.807) is 6.07 Å². The fourth-order valence-corrected chi connectivity index (χ4v) is 2.39. The van der Waals surface area contributed by atoms with Gasteiger partial charge in [0.15, 0.2) is 0 Å². The lowest BCUT2D eigenvalue weighted by molar-refractivity contribution is 0.0934.